The van der Waals surface area contributed by atoms with Gasteiger partial charge in [0.2, 0.25) is 5.91 Å². The number of hydrogen-bond donors (Lipinski definition) is 1. The molecule has 0 bridgehead atoms. The van der Waals surface area contributed by atoms with Gasteiger partial charge in [0.15, 0.2) is 5.78 Å². The standard InChI is InChI=1S/C24H33N3O4/c1-5-26(16-24(29)25-19-8-10-20(30-4)11-9-19)15-23(28)22-13-17(2)27(18(22)3)14-21-7-6-12-31-21/h8-11,13,21H,5-7,12,14-16H2,1-4H3,(H,25,29)/t21-/m1/s1. The number of hydrogen-bond acceptors (Lipinski definition) is 5. The van der Waals surface area contributed by atoms with Gasteiger partial charge in [-0.1, -0.05) is 6.92 Å². The van der Waals surface area contributed by atoms with E-state index in [4.69, 9.17) is 9.47 Å². The molecule has 31 heavy (non-hydrogen) atoms. The van der Waals surface area contributed by atoms with E-state index in [-0.39, 0.29) is 30.9 Å². The molecule has 1 atom stereocenters. The van der Waals surface area contributed by atoms with E-state index in [1.807, 2.05) is 31.7 Å². The van der Waals surface area contributed by atoms with Crippen LogP contribution in [0.25, 0.3) is 0 Å². The summed E-state index contributed by atoms with van der Waals surface area (Å²) >= 11 is 0. The predicted octanol–water partition coefficient (Wildman–Crippen LogP) is 3.44. The summed E-state index contributed by atoms with van der Waals surface area (Å²) in [6, 6.07) is 9.13. The van der Waals surface area contributed by atoms with Gasteiger partial charge in [0, 0.05) is 35.8 Å². The number of anilines is 1. The van der Waals surface area contributed by atoms with E-state index in [1.165, 1.54) is 0 Å². The first-order valence-electron chi connectivity index (χ1n) is 10.9. The number of carbonyl (C=O) groups is 2. The Morgan fingerprint density at radius 2 is 1.97 bits per heavy atom. The van der Waals surface area contributed by atoms with E-state index in [0.29, 0.717) is 12.2 Å². The van der Waals surface area contributed by atoms with Crippen molar-refractivity contribution in [2.75, 3.05) is 38.7 Å². The fraction of sp³-hybridized carbons (Fsp3) is 0.500. The number of carbonyl (C=O) groups excluding carboxylic acids is 2. The number of rotatable bonds is 10. The van der Waals surface area contributed by atoms with Gasteiger partial charge in [-0.25, -0.2) is 0 Å². The number of methoxy groups -OCH3 is 1. The third-order valence-corrected chi connectivity index (χ3v) is 5.84. The van der Waals surface area contributed by atoms with Crippen LogP contribution < -0.4 is 10.1 Å². The molecule has 1 N–H and O–H groups in total. The summed E-state index contributed by atoms with van der Waals surface area (Å²) < 4.78 is 13.1. The first-order valence-corrected chi connectivity index (χ1v) is 10.9. The van der Waals surface area contributed by atoms with Gasteiger partial charge in [0.25, 0.3) is 0 Å². The molecule has 1 aromatic heterocycles. The van der Waals surface area contributed by atoms with Crippen LogP contribution >= 0.6 is 0 Å². The number of ether oxygens (including phenoxy) is 2. The monoisotopic (exact) mass is 427 g/mol. The van der Waals surface area contributed by atoms with E-state index in [1.54, 1.807) is 31.4 Å². The smallest absolute Gasteiger partial charge is 0.238 e. The molecule has 2 aromatic rings. The lowest BCUT2D eigenvalue weighted by Crippen LogP contribution is -2.37. The van der Waals surface area contributed by atoms with E-state index in [0.717, 1.165) is 48.7 Å². The van der Waals surface area contributed by atoms with Gasteiger partial charge in [-0.2, -0.15) is 0 Å². The Morgan fingerprint density at radius 3 is 2.58 bits per heavy atom. The largest absolute Gasteiger partial charge is 0.497 e. The second-order valence-electron chi connectivity index (χ2n) is 8.03. The van der Waals surface area contributed by atoms with E-state index in [9.17, 15) is 9.59 Å². The van der Waals surface area contributed by atoms with E-state index >= 15 is 0 Å². The van der Waals surface area contributed by atoms with Crippen molar-refractivity contribution in [3.8, 4) is 5.75 Å². The van der Waals surface area contributed by atoms with Crippen molar-refractivity contribution in [2.45, 2.75) is 46.3 Å². The van der Waals surface area contributed by atoms with Crippen molar-refractivity contribution >= 4 is 17.4 Å². The summed E-state index contributed by atoms with van der Waals surface area (Å²) in [5.41, 5.74) is 3.46. The van der Waals surface area contributed by atoms with Crippen LogP contribution in [-0.4, -0.2) is 60.6 Å². The molecule has 7 heteroatoms. The van der Waals surface area contributed by atoms with Gasteiger partial charge in [0.05, 0.1) is 26.3 Å². The van der Waals surface area contributed by atoms with Crippen LogP contribution in [0.15, 0.2) is 30.3 Å². The number of benzene rings is 1. The number of aromatic nitrogens is 1. The highest BCUT2D eigenvalue weighted by atomic mass is 16.5. The highest BCUT2D eigenvalue weighted by Gasteiger charge is 2.22. The number of Topliss-reactive ketones (excluding diaryl/α,β-unsaturated/α-hetero) is 1. The lowest BCUT2D eigenvalue weighted by atomic mass is 10.1. The molecule has 0 radical (unpaired) electrons. The molecule has 1 aliphatic rings. The normalized spacial score (nSPS) is 16.0. The first kappa shape index (κ1) is 23.0. The van der Waals surface area contributed by atoms with Gasteiger partial charge in [-0.15, -0.1) is 0 Å². The third kappa shape index (κ3) is 5.95. The second kappa shape index (κ2) is 10.6. The van der Waals surface area contributed by atoms with Crippen LogP contribution in [0.1, 0.15) is 41.5 Å². The van der Waals surface area contributed by atoms with Crippen molar-refractivity contribution in [2.24, 2.45) is 0 Å². The minimum absolute atomic E-state index is 0.0331. The zero-order valence-corrected chi connectivity index (χ0v) is 18.9. The van der Waals surface area contributed by atoms with Crippen molar-refractivity contribution in [3.63, 3.8) is 0 Å². The molecule has 1 aliphatic heterocycles. The Balaban J connectivity index is 1.59. The highest BCUT2D eigenvalue weighted by Crippen LogP contribution is 2.21. The minimum Gasteiger partial charge on any atom is -0.497 e. The zero-order valence-electron chi connectivity index (χ0n) is 18.9. The van der Waals surface area contributed by atoms with E-state index < -0.39 is 0 Å². The average Bonchev–Trinajstić information content (AvgIpc) is 3.37. The van der Waals surface area contributed by atoms with Crippen molar-refractivity contribution < 1.29 is 19.1 Å². The summed E-state index contributed by atoms with van der Waals surface area (Å²) in [6.07, 6.45) is 2.38. The van der Waals surface area contributed by atoms with Gasteiger partial charge in [-0.3, -0.25) is 14.5 Å². The van der Waals surface area contributed by atoms with Gasteiger partial charge in [-0.05, 0) is 63.6 Å². The quantitative estimate of drug-likeness (QED) is 0.588. The highest BCUT2D eigenvalue weighted by molar-refractivity contribution is 5.99. The number of ketones is 1. The van der Waals surface area contributed by atoms with Crippen LogP contribution in [-0.2, 0) is 16.1 Å². The molecule has 7 nitrogen and oxygen atoms in total. The average molecular weight is 428 g/mol. The van der Waals surface area contributed by atoms with Crippen molar-refractivity contribution in [3.05, 3.63) is 47.3 Å². The molecule has 3 rings (SSSR count). The van der Waals surface area contributed by atoms with Gasteiger partial charge < -0.3 is 19.4 Å². The lowest BCUT2D eigenvalue weighted by Gasteiger charge is -2.19. The Morgan fingerprint density at radius 1 is 1.23 bits per heavy atom. The molecule has 1 fully saturated rings. The van der Waals surface area contributed by atoms with Crippen molar-refractivity contribution in [1.82, 2.24) is 9.47 Å². The van der Waals surface area contributed by atoms with Crippen LogP contribution in [0.4, 0.5) is 5.69 Å². The summed E-state index contributed by atoms with van der Waals surface area (Å²) in [5.74, 6) is 0.616. The molecule has 168 valence electrons. The van der Waals surface area contributed by atoms with Crippen LogP contribution in [0.2, 0.25) is 0 Å². The maximum atomic E-state index is 13.0. The molecule has 2 heterocycles. The molecule has 0 saturated carbocycles. The maximum absolute atomic E-state index is 13.0. The number of nitrogens with one attached hydrogen (secondary N) is 1. The predicted molar refractivity (Wildman–Crippen MR) is 121 cm³/mol. The number of aryl methyl sites for hydroxylation is 1. The SMILES string of the molecule is CCN(CC(=O)Nc1ccc(OC)cc1)CC(=O)c1cc(C)n(C[C@H]2CCCO2)c1C. The van der Waals surface area contributed by atoms with Crippen LogP contribution in [0, 0.1) is 13.8 Å². The van der Waals surface area contributed by atoms with Crippen LogP contribution in [0.5, 0.6) is 5.75 Å². The van der Waals surface area contributed by atoms with E-state index in [2.05, 4.69) is 9.88 Å². The Kier molecular flexibility index (Phi) is 7.87. The molecular weight excluding hydrogens is 394 g/mol. The van der Waals surface area contributed by atoms with Crippen LogP contribution in [0.3, 0.4) is 0 Å². The zero-order chi connectivity index (χ0) is 22.4. The molecule has 1 aromatic carbocycles. The Bertz CT molecular complexity index is 898. The maximum Gasteiger partial charge on any atom is 0.238 e. The summed E-state index contributed by atoms with van der Waals surface area (Å²) in [5, 5.41) is 2.87. The Hall–Kier alpha value is -2.64. The summed E-state index contributed by atoms with van der Waals surface area (Å²) in [7, 11) is 1.60. The molecule has 0 aliphatic carbocycles. The molecular formula is C24H33N3O4. The Labute approximate surface area is 184 Å². The molecule has 0 spiro atoms. The molecule has 1 amide bonds. The fourth-order valence-electron chi connectivity index (χ4n) is 4.00. The third-order valence-electron chi connectivity index (χ3n) is 5.84. The lowest BCUT2D eigenvalue weighted by molar-refractivity contribution is -0.117. The number of nitrogens with zero attached hydrogens (tertiary/aromatic N) is 2. The van der Waals surface area contributed by atoms with Crippen molar-refractivity contribution in [1.29, 1.82) is 0 Å². The second-order valence-corrected chi connectivity index (χ2v) is 8.03. The topological polar surface area (TPSA) is 72.8 Å². The number of amides is 1. The number of likely N-dealkylation sites (N-methyl/N-ethyl adjacent to an activating group) is 1. The molecule has 1 saturated heterocycles. The van der Waals surface area contributed by atoms with Gasteiger partial charge in [0.1, 0.15) is 5.75 Å². The minimum atomic E-state index is -0.149. The summed E-state index contributed by atoms with van der Waals surface area (Å²) in [6.45, 7) is 8.54. The fourth-order valence-corrected chi connectivity index (χ4v) is 4.00. The summed E-state index contributed by atoms with van der Waals surface area (Å²) in [4.78, 5) is 27.3. The molecule has 0 unspecified atom stereocenters. The van der Waals surface area contributed by atoms with Gasteiger partial charge >= 0.3 is 0 Å². The first-order chi connectivity index (χ1) is 14.9.